The van der Waals surface area contributed by atoms with Crippen LogP contribution in [-0.4, -0.2) is 32.3 Å². The zero-order valence-electron chi connectivity index (χ0n) is 7.73. The molecule has 2 nitrogen and oxygen atoms in total. The van der Waals surface area contributed by atoms with Crippen LogP contribution in [0.15, 0.2) is 0 Å². The van der Waals surface area contributed by atoms with Crippen molar-refractivity contribution in [1.29, 1.82) is 0 Å². The van der Waals surface area contributed by atoms with Gasteiger partial charge in [-0.2, -0.15) is 0 Å². The lowest BCUT2D eigenvalue weighted by molar-refractivity contribution is 0.0710. The van der Waals surface area contributed by atoms with E-state index < -0.39 is 0 Å². The highest BCUT2D eigenvalue weighted by Crippen LogP contribution is 1.78. The van der Waals surface area contributed by atoms with Gasteiger partial charge >= 0.3 is 0 Å². The Hall–Kier alpha value is 0.400. The fourth-order valence-corrected chi connectivity index (χ4v) is 0.389. The average molecular weight is 227 g/mol. The van der Waals surface area contributed by atoms with Crippen LogP contribution in [0, 0.1) is 0 Å². The van der Waals surface area contributed by atoms with Crippen LogP contribution in [0.3, 0.4) is 0 Å². The van der Waals surface area contributed by atoms with Crippen molar-refractivity contribution in [1.82, 2.24) is 0 Å². The van der Waals surface area contributed by atoms with Gasteiger partial charge in [-0.3, -0.25) is 0 Å². The standard InChI is InChI=1S/C6H14O2.C2H5Br/c1-3-4-8-6-5-7-2;1-2-3/h3-6H2,1-2H3;2H2,1H3. The zero-order valence-corrected chi connectivity index (χ0v) is 9.32. The van der Waals surface area contributed by atoms with Crippen LogP contribution in [0.4, 0.5) is 0 Å². The minimum absolute atomic E-state index is 0.708. The molecule has 0 bridgehead atoms. The topological polar surface area (TPSA) is 18.5 Å². The molecule has 0 saturated carbocycles. The van der Waals surface area contributed by atoms with E-state index in [0.29, 0.717) is 6.61 Å². The molecular weight excluding hydrogens is 208 g/mol. The molecule has 70 valence electrons. The van der Waals surface area contributed by atoms with Crippen molar-refractivity contribution in [2.24, 2.45) is 0 Å². The van der Waals surface area contributed by atoms with E-state index in [0.717, 1.165) is 25.0 Å². The highest BCUT2D eigenvalue weighted by atomic mass is 79.9. The second-order valence-corrected chi connectivity index (χ2v) is 2.99. The van der Waals surface area contributed by atoms with Crippen LogP contribution in [0.5, 0.6) is 0 Å². The van der Waals surface area contributed by atoms with Crippen molar-refractivity contribution in [2.45, 2.75) is 20.3 Å². The molecule has 0 aromatic rings. The Kier molecular flexibility index (Phi) is 21.3. The van der Waals surface area contributed by atoms with E-state index >= 15 is 0 Å². The Morgan fingerprint density at radius 3 is 2.00 bits per heavy atom. The Balaban J connectivity index is 0. The predicted molar refractivity (Wildman–Crippen MR) is 52.5 cm³/mol. The van der Waals surface area contributed by atoms with Crippen molar-refractivity contribution in [2.75, 3.05) is 32.3 Å². The third kappa shape index (κ3) is 25.2. The SMILES string of the molecule is CCBr.CCCOCCOC. The summed E-state index contributed by atoms with van der Waals surface area (Å²) in [5.74, 6) is 0. The Morgan fingerprint density at radius 1 is 1.09 bits per heavy atom. The molecule has 0 spiro atoms. The van der Waals surface area contributed by atoms with Crippen molar-refractivity contribution in [3.05, 3.63) is 0 Å². The first-order chi connectivity index (χ1) is 5.33. The third-order valence-electron chi connectivity index (χ3n) is 0.780. The fraction of sp³-hybridized carbons (Fsp3) is 1.00. The summed E-state index contributed by atoms with van der Waals surface area (Å²) in [6.45, 7) is 6.42. The Morgan fingerprint density at radius 2 is 1.64 bits per heavy atom. The molecule has 0 aromatic carbocycles. The maximum absolute atomic E-state index is 5.10. The molecule has 0 saturated heterocycles. The second kappa shape index (κ2) is 16.8. The zero-order chi connectivity index (χ0) is 8.95. The van der Waals surface area contributed by atoms with Gasteiger partial charge in [0.05, 0.1) is 13.2 Å². The monoisotopic (exact) mass is 226 g/mol. The number of hydrogen-bond acceptors (Lipinski definition) is 2. The van der Waals surface area contributed by atoms with Gasteiger partial charge in [0.2, 0.25) is 0 Å². The summed E-state index contributed by atoms with van der Waals surface area (Å²) in [7, 11) is 1.68. The van der Waals surface area contributed by atoms with Gasteiger partial charge in [-0.25, -0.2) is 0 Å². The van der Waals surface area contributed by atoms with Crippen LogP contribution in [0.25, 0.3) is 0 Å². The molecule has 0 fully saturated rings. The number of rotatable bonds is 5. The molecule has 0 heterocycles. The smallest absolute Gasteiger partial charge is 0.0700 e. The second-order valence-electron chi connectivity index (χ2n) is 1.87. The molecule has 0 atom stereocenters. The van der Waals surface area contributed by atoms with Gasteiger partial charge in [-0.05, 0) is 6.42 Å². The lowest BCUT2D eigenvalue weighted by atomic mass is 10.5. The molecule has 11 heavy (non-hydrogen) atoms. The van der Waals surface area contributed by atoms with Crippen LogP contribution >= 0.6 is 15.9 Å². The molecule has 0 aliphatic carbocycles. The molecule has 0 aliphatic rings. The minimum atomic E-state index is 0.708. The third-order valence-corrected chi connectivity index (χ3v) is 0.780. The maximum Gasteiger partial charge on any atom is 0.0700 e. The Bertz CT molecular complexity index is 45.4. The number of methoxy groups -OCH3 is 1. The largest absolute Gasteiger partial charge is 0.382 e. The first kappa shape index (κ1) is 14.0. The molecule has 0 unspecified atom stereocenters. The number of alkyl halides is 1. The summed E-state index contributed by atoms with van der Waals surface area (Å²) in [5, 5.41) is 1.06. The normalized spacial score (nSPS) is 8.73. The lowest BCUT2D eigenvalue weighted by Crippen LogP contribution is -2.01. The summed E-state index contributed by atoms with van der Waals surface area (Å²) in [6, 6.07) is 0. The molecule has 0 aromatic heterocycles. The lowest BCUT2D eigenvalue weighted by Gasteiger charge is -1.98. The molecule has 0 rings (SSSR count). The molecular formula is C8H19BrO2. The quantitative estimate of drug-likeness (QED) is 0.530. The first-order valence-corrected chi connectivity index (χ1v) is 5.08. The maximum atomic E-state index is 5.10. The van der Waals surface area contributed by atoms with Gasteiger partial charge in [0, 0.05) is 19.0 Å². The van der Waals surface area contributed by atoms with E-state index in [1.54, 1.807) is 7.11 Å². The fourth-order valence-electron chi connectivity index (χ4n) is 0.389. The molecule has 0 amide bonds. The van der Waals surface area contributed by atoms with Gasteiger partial charge in [-0.1, -0.05) is 29.8 Å². The van der Waals surface area contributed by atoms with Crippen LogP contribution in [0.1, 0.15) is 20.3 Å². The number of halogens is 1. The minimum Gasteiger partial charge on any atom is -0.382 e. The number of ether oxygens (including phenoxy) is 2. The average Bonchev–Trinajstić information content (AvgIpc) is 2.00. The van der Waals surface area contributed by atoms with Crippen molar-refractivity contribution >= 4 is 15.9 Å². The van der Waals surface area contributed by atoms with Crippen molar-refractivity contribution in [3.63, 3.8) is 0 Å². The summed E-state index contributed by atoms with van der Waals surface area (Å²) in [6.07, 6.45) is 1.09. The predicted octanol–water partition coefficient (Wildman–Crippen LogP) is 2.46. The summed E-state index contributed by atoms with van der Waals surface area (Å²) < 4.78 is 9.86. The van der Waals surface area contributed by atoms with E-state index in [1.807, 2.05) is 6.92 Å². The van der Waals surface area contributed by atoms with Crippen LogP contribution in [-0.2, 0) is 9.47 Å². The van der Waals surface area contributed by atoms with Crippen molar-refractivity contribution in [3.8, 4) is 0 Å². The van der Waals surface area contributed by atoms with Gasteiger partial charge < -0.3 is 9.47 Å². The van der Waals surface area contributed by atoms with Crippen LogP contribution < -0.4 is 0 Å². The molecule has 0 radical (unpaired) electrons. The van der Waals surface area contributed by atoms with E-state index in [-0.39, 0.29) is 0 Å². The van der Waals surface area contributed by atoms with E-state index in [9.17, 15) is 0 Å². The van der Waals surface area contributed by atoms with Gasteiger partial charge in [-0.15, -0.1) is 0 Å². The highest BCUT2D eigenvalue weighted by molar-refractivity contribution is 9.09. The van der Waals surface area contributed by atoms with Gasteiger partial charge in [0.25, 0.3) is 0 Å². The first-order valence-electron chi connectivity index (χ1n) is 3.96. The van der Waals surface area contributed by atoms with E-state index in [4.69, 9.17) is 9.47 Å². The molecule has 0 N–H and O–H groups in total. The van der Waals surface area contributed by atoms with Crippen molar-refractivity contribution < 1.29 is 9.47 Å². The van der Waals surface area contributed by atoms with Gasteiger partial charge in [0.15, 0.2) is 0 Å². The summed E-state index contributed by atoms with van der Waals surface area (Å²) in [4.78, 5) is 0. The van der Waals surface area contributed by atoms with Gasteiger partial charge in [0.1, 0.15) is 0 Å². The van der Waals surface area contributed by atoms with E-state index in [1.165, 1.54) is 0 Å². The summed E-state index contributed by atoms with van der Waals surface area (Å²) >= 11 is 3.15. The highest BCUT2D eigenvalue weighted by Gasteiger charge is 1.81. The molecule has 3 heteroatoms. The van der Waals surface area contributed by atoms with E-state index in [2.05, 4.69) is 22.9 Å². The molecule has 0 aliphatic heterocycles. The number of hydrogen-bond donors (Lipinski definition) is 0. The van der Waals surface area contributed by atoms with Crippen LogP contribution in [0.2, 0.25) is 0 Å². The summed E-state index contributed by atoms with van der Waals surface area (Å²) in [5.41, 5.74) is 0. The Labute approximate surface area is 78.4 Å².